The van der Waals surface area contributed by atoms with Crippen molar-refractivity contribution in [2.75, 3.05) is 20.3 Å². The maximum Gasteiger partial charge on any atom is 0.345 e. The lowest BCUT2D eigenvalue weighted by Crippen LogP contribution is -2.37. The van der Waals surface area contributed by atoms with Crippen molar-refractivity contribution in [3.8, 4) is 0 Å². The summed E-state index contributed by atoms with van der Waals surface area (Å²) in [7, 11) is 1.73. The number of aliphatic hydroxyl groups excluding tert-OH is 2. The molecule has 3 heterocycles. The average molecular weight is 603 g/mol. The number of esters is 1. The van der Waals surface area contributed by atoms with Gasteiger partial charge in [-0.2, -0.15) is 0 Å². The second-order valence-corrected chi connectivity index (χ2v) is 13.8. The van der Waals surface area contributed by atoms with Crippen LogP contribution in [0.15, 0.2) is 35.1 Å². The zero-order valence-electron chi connectivity index (χ0n) is 27.2. The predicted molar refractivity (Wildman–Crippen MR) is 164 cm³/mol. The highest BCUT2D eigenvalue weighted by molar-refractivity contribution is 6.22. The van der Waals surface area contributed by atoms with Crippen molar-refractivity contribution in [3.63, 3.8) is 0 Å². The Morgan fingerprint density at radius 2 is 1.77 bits per heavy atom. The first-order chi connectivity index (χ1) is 20.5. The third-order valence-corrected chi connectivity index (χ3v) is 10.7. The molecule has 242 valence electrons. The Labute approximate surface area is 257 Å². The van der Waals surface area contributed by atoms with E-state index in [9.17, 15) is 19.8 Å². The van der Waals surface area contributed by atoms with Crippen LogP contribution in [0.4, 0.5) is 0 Å². The van der Waals surface area contributed by atoms with Gasteiger partial charge in [-0.25, -0.2) is 4.79 Å². The monoisotopic (exact) mass is 602 g/mol. The number of aliphatic hydroxyl groups is 2. The van der Waals surface area contributed by atoms with Gasteiger partial charge in [-0.15, -0.1) is 0 Å². The summed E-state index contributed by atoms with van der Waals surface area (Å²) < 4.78 is 23.4. The number of cyclic esters (lactones) is 1. The summed E-state index contributed by atoms with van der Waals surface area (Å²) in [5.41, 5.74) is 0.673. The van der Waals surface area contributed by atoms with Crippen LogP contribution in [0.1, 0.15) is 80.1 Å². The van der Waals surface area contributed by atoms with Crippen LogP contribution >= 0.6 is 0 Å². The Morgan fingerprint density at radius 1 is 1.02 bits per heavy atom. The Morgan fingerprint density at radius 3 is 2.42 bits per heavy atom. The second-order valence-electron chi connectivity index (χ2n) is 13.8. The summed E-state index contributed by atoms with van der Waals surface area (Å²) >= 11 is 0. The number of methoxy groups -OCH3 is 1. The quantitative estimate of drug-likeness (QED) is 0.107. The van der Waals surface area contributed by atoms with E-state index < -0.39 is 17.7 Å². The molecule has 1 unspecified atom stereocenters. The van der Waals surface area contributed by atoms with Crippen molar-refractivity contribution in [1.82, 2.24) is 0 Å². The fraction of sp³-hybridized carbons (Fsp3) is 0.771. The molecule has 2 N–H and O–H groups in total. The van der Waals surface area contributed by atoms with E-state index in [-0.39, 0.29) is 84.7 Å². The van der Waals surface area contributed by atoms with Crippen molar-refractivity contribution in [1.29, 1.82) is 0 Å². The van der Waals surface area contributed by atoms with Gasteiger partial charge < -0.3 is 29.2 Å². The van der Waals surface area contributed by atoms with Crippen molar-refractivity contribution in [2.45, 2.75) is 111 Å². The Bertz CT molecular complexity index is 1060. The van der Waals surface area contributed by atoms with Gasteiger partial charge in [0.1, 0.15) is 11.3 Å². The minimum absolute atomic E-state index is 0.0116. The van der Waals surface area contributed by atoms with Crippen LogP contribution in [0.25, 0.3) is 0 Å². The highest BCUT2D eigenvalue weighted by Gasteiger charge is 2.41. The Balaban J connectivity index is 1.48. The molecule has 4 rings (SSSR count). The lowest BCUT2D eigenvalue weighted by atomic mass is 9.66. The standard InChI is InChI=1S/C35H54O8/c1-19-9-8-10-25(30(19)23(5)32(38)31-28(37)18-41-35(31)39)16-26(17-36)34-21(3)12-14-27(42-34)13-11-20(2)33-22(4)15-29(43-33)24(6)40-7/h11,13,16,19-25,27,29-30,33-34,36,38H,8-10,12,14-15,17-18H2,1-7H3/b13-11+,26-16+,32-31-/t19-,20+,21-,22+,23+,24+,25-,27?,29-,30-,33+,34-/m1/s1. The first-order valence-electron chi connectivity index (χ1n) is 16.4. The smallest absolute Gasteiger partial charge is 0.345 e. The van der Waals surface area contributed by atoms with E-state index in [0.717, 1.165) is 44.1 Å². The van der Waals surface area contributed by atoms with E-state index >= 15 is 0 Å². The van der Waals surface area contributed by atoms with Crippen LogP contribution in [-0.2, 0) is 28.5 Å². The number of hydrogen-bond acceptors (Lipinski definition) is 8. The first-order valence-corrected chi connectivity index (χ1v) is 16.4. The molecule has 8 nitrogen and oxygen atoms in total. The summed E-state index contributed by atoms with van der Waals surface area (Å²) in [6.45, 7) is 12.3. The maximum atomic E-state index is 12.3. The molecule has 0 bridgehead atoms. The lowest BCUT2D eigenvalue weighted by Gasteiger charge is -2.41. The predicted octanol–water partition coefficient (Wildman–Crippen LogP) is 5.74. The number of ketones is 1. The van der Waals surface area contributed by atoms with Gasteiger partial charge in [-0.1, -0.05) is 65.7 Å². The van der Waals surface area contributed by atoms with Crippen molar-refractivity contribution < 1.29 is 38.7 Å². The molecule has 1 aliphatic carbocycles. The number of carbonyl (C=O) groups is 2. The van der Waals surface area contributed by atoms with Crippen molar-refractivity contribution in [3.05, 3.63) is 35.1 Å². The maximum absolute atomic E-state index is 12.3. The van der Waals surface area contributed by atoms with Crippen LogP contribution in [-0.4, -0.2) is 72.8 Å². The Kier molecular flexibility index (Phi) is 11.7. The van der Waals surface area contributed by atoms with Crippen molar-refractivity contribution in [2.24, 2.45) is 41.4 Å². The molecule has 8 heteroatoms. The van der Waals surface area contributed by atoms with Gasteiger partial charge in [0.2, 0.25) is 5.78 Å². The molecule has 0 amide bonds. The zero-order chi connectivity index (χ0) is 31.4. The van der Waals surface area contributed by atoms with Gasteiger partial charge in [0.05, 0.1) is 37.1 Å². The highest BCUT2D eigenvalue weighted by atomic mass is 16.6. The van der Waals surface area contributed by atoms with E-state index in [2.05, 4.69) is 52.8 Å². The molecule has 3 aliphatic heterocycles. The van der Waals surface area contributed by atoms with E-state index in [4.69, 9.17) is 18.9 Å². The number of carbonyl (C=O) groups excluding carboxylic acids is 2. The van der Waals surface area contributed by atoms with Crippen molar-refractivity contribution >= 4 is 11.8 Å². The fourth-order valence-electron chi connectivity index (χ4n) is 8.06. The van der Waals surface area contributed by atoms with Crippen LogP contribution in [0.3, 0.4) is 0 Å². The minimum Gasteiger partial charge on any atom is -0.511 e. The number of rotatable bonds is 10. The third-order valence-electron chi connectivity index (χ3n) is 10.7. The van der Waals surface area contributed by atoms with E-state index in [1.807, 2.05) is 6.92 Å². The summed E-state index contributed by atoms with van der Waals surface area (Å²) in [5.74, 6) is -0.447. The minimum atomic E-state index is -0.739. The van der Waals surface area contributed by atoms with Crippen LogP contribution in [0.2, 0.25) is 0 Å². The molecule has 0 radical (unpaired) electrons. The first kappa shape index (κ1) is 33.9. The topological polar surface area (TPSA) is 112 Å². The van der Waals surface area contributed by atoms with Gasteiger partial charge in [0.15, 0.2) is 6.61 Å². The SMILES string of the molecule is CO[C@@H](C)[C@H]1C[C@H](C)[C@H]([C@@H](C)/C=C/C2CC[C@@H](C)[C@H](/C(=C/[C@H]3CCC[C@@H](C)[C@@H]3[C@H](C)/C(O)=C3\C(=O)COC3=O)CO)O2)O1. The van der Waals surface area contributed by atoms with Gasteiger partial charge in [-0.05, 0) is 67.8 Å². The van der Waals surface area contributed by atoms with Crippen LogP contribution < -0.4 is 0 Å². The number of hydrogen-bond donors (Lipinski definition) is 2. The molecule has 1 saturated carbocycles. The Hall–Kier alpha value is -2.00. The summed E-state index contributed by atoms with van der Waals surface area (Å²) in [4.78, 5) is 24.4. The molecule has 3 saturated heterocycles. The molecular formula is C35H54O8. The molecule has 4 aliphatic rings. The zero-order valence-corrected chi connectivity index (χ0v) is 27.2. The molecule has 4 fully saturated rings. The third kappa shape index (κ3) is 7.63. The molecule has 12 atom stereocenters. The normalized spacial score (nSPS) is 39.2. The van der Waals surface area contributed by atoms with Crippen LogP contribution in [0.5, 0.6) is 0 Å². The molecular weight excluding hydrogens is 548 g/mol. The molecule has 0 aromatic heterocycles. The van der Waals surface area contributed by atoms with Gasteiger partial charge in [-0.3, -0.25) is 4.79 Å². The number of Topliss-reactive ketones (excluding diaryl/α,β-unsaturated/α-hetero) is 1. The second kappa shape index (κ2) is 14.9. The largest absolute Gasteiger partial charge is 0.511 e. The molecule has 0 aromatic carbocycles. The number of allylic oxidation sites excluding steroid dienone is 2. The summed E-state index contributed by atoms with van der Waals surface area (Å²) in [5, 5.41) is 21.6. The van der Waals surface area contributed by atoms with Gasteiger partial charge in [0.25, 0.3) is 0 Å². The average Bonchev–Trinajstić information content (AvgIpc) is 3.55. The van der Waals surface area contributed by atoms with E-state index in [1.165, 1.54) is 0 Å². The number of ether oxygens (including phenoxy) is 4. The van der Waals surface area contributed by atoms with Gasteiger partial charge >= 0.3 is 5.97 Å². The molecule has 0 spiro atoms. The van der Waals surface area contributed by atoms with Crippen LogP contribution in [0, 0.1) is 41.4 Å². The van der Waals surface area contributed by atoms with E-state index in [1.54, 1.807) is 7.11 Å². The molecule has 0 aromatic rings. The van der Waals surface area contributed by atoms with Gasteiger partial charge in [0, 0.05) is 18.9 Å². The molecule has 43 heavy (non-hydrogen) atoms. The van der Waals surface area contributed by atoms with E-state index in [0.29, 0.717) is 5.92 Å². The fourth-order valence-corrected chi connectivity index (χ4v) is 8.06. The summed E-state index contributed by atoms with van der Waals surface area (Å²) in [6.07, 6.45) is 12.5. The summed E-state index contributed by atoms with van der Waals surface area (Å²) in [6, 6.07) is 0. The highest BCUT2D eigenvalue weighted by Crippen LogP contribution is 2.44. The lowest BCUT2D eigenvalue weighted by molar-refractivity contribution is -0.135.